The number of aliphatic hydroxyl groups excluding tert-OH is 1. The number of halogens is 1. The predicted molar refractivity (Wildman–Crippen MR) is 57.4 cm³/mol. The zero-order valence-corrected chi connectivity index (χ0v) is 9.15. The second kappa shape index (κ2) is 6.23. The van der Waals surface area contributed by atoms with Crippen molar-refractivity contribution in [2.24, 2.45) is 0 Å². The molecule has 0 saturated carbocycles. The molecule has 0 aliphatic carbocycles. The molecule has 16 heavy (non-hydrogen) atoms. The molecule has 4 heteroatoms. The lowest BCUT2D eigenvalue weighted by Crippen LogP contribution is -2.15. The van der Waals surface area contributed by atoms with Crippen molar-refractivity contribution in [3.8, 4) is 0 Å². The molecule has 0 heterocycles. The third-order valence-electron chi connectivity index (χ3n) is 2.31. The quantitative estimate of drug-likeness (QED) is 0.777. The molecule has 0 aliphatic heterocycles. The number of aryl methyl sites for hydroxylation is 1. The van der Waals surface area contributed by atoms with Crippen LogP contribution in [0.3, 0.4) is 0 Å². The molecule has 3 nitrogen and oxygen atoms in total. The van der Waals surface area contributed by atoms with Gasteiger partial charge in [0.1, 0.15) is 5.82 Å². The van der Waals surface area contributed by atoms with E-state index in [9.17, 15) is 14.3 Å². The van der Waals surface area contributed by atoms with Crippen LogP contribution in [0.25, 0.3) is 0 Å². The highest BCUT2D eigenvalue weighted by molar-refractivity contribution is 5.69. The van der Waals surface area contributed by atoms with Gasteiger partial charge in [-0.2, -0.15) is 0 Å². The molecule has 1 atom stereocenters. The normalized spacial score (nSPS) is 12.2. The molecule has 0 aliphatic rings. The van der Waals surface area contributed by atoms with Crippen molar-refractivity contribution >= 4 is 5.97 Å². The minimum Gasteiger partial charge on any atom is -0.469 e. The van der Waals surface area contributed by atoms with Gasteiger partial charge in [0.2, 0.25) is 0 Å². The molecule has 1 aromatic rings. The third-order valence-corrected chi connectivity index (χ3v) is 2.31. The van der Waals surface area contributed by atoms with Crippen LogP contribution in [0, 0.1) is 5.82 Å². The summed E-state index contributed by atoms with van der Waals surface area (Å²) in [6.45, 7) is 0. The van der Waals surface area contributed by atoms with Gasteiger partial charge in [0, 0.05) is 0 Å². The van der Waals surface area contributed by atoms with Crippen molar-refractivity contribution in [2.75, 3.05) is 7.11 Å². The molecular formula is C12H15FO3. The maximum absolute atomic E-state index is 12.6. The van der Waals surface area contributed by atoms with Crippen LogP contribution in [0.1, 0.15) is 18.4 Å². The highest BCUT2D eigenvalue weighted by atomic mass is 19.1. The molecular weight excluding hydrogens is 211 g/mol. The summed E-state index contributed by atoms with van der Waals surface area (Å²) in [5, 5.41) is 9.49. The van der Waals surface area contributed by atoms with Crippen molar-refractivity contribution < 1.29 is 19.0 Å². The van der Waals surface area contributed by atoms with E-state index in [1.807, 2.05) is 0 Å². The Morgan fingerprint density at radius 3 is 2.62 bits per heavy atom. The van der Waals surface area contributed by atoms with Gasteiger partial charge < -0.3 is 9.84 Å². The lowest BCUT2D eigenvalue weighted by Gasteiger charge is -2.08. The summed E-state index contributed by atoms with van der Waals surface area (Å²) >= 11 is 0. The maximum Gasteiger partial charge on any atom is 0.308 e. The van der Waals surface area contributed by atoms with E-state index in [1.165, 1.54) is 19.2 Å². The number of benzene rings is 1. The zero-order valence-electron chi connectivity index (χ0n) is 9.15. The number of esters is 1. The van der Waals surface area contributed by atoms with Crippen molar-refractivity contribution in [3.05, 3.63) is 35.6 Å². The van der Waals surface area contributed by atoms with Gasteiger partial charge in [0.05, 0.1) is 19.6 Å². The van der Waals surface area contributed by atoms with E-state index in [2.05, 4.69) is 4.74 Å². The van der Waals surface area contributed by atoms with Crippen molar-refractivity contribution in [2.45, 2.75) is 25.4 Å². The Hall–Kier alpha value is -1.42. The molecule has 1 aromatic carbocycles. The molecule has 0 bridgehead atoms. The molecule has 0 radical (unpaired) electrons. The summed E-state index contributed by atoms with van der Waals surface area (Å²) in [7, 11) is 1.29. The van der Waals surface area contributed by atoms with Gasteiger partial charge in [-0.25, -0.2) is 4.39 Å². The van der Waals surface area contributed by atoms with Crippen molar-refractivity contribution in [1.29, 1.82) is 0 Å². The molecule has 1 N–H and O–H groups in total. The largest absolute Gasteiger partial charge is 0.469 e. The van der Waals surface area contributed by atoms with Crippen LogP contribution in [0.2, 0.25) is 0 Å². The molecule has 1 rings (SSSR count). The van der Waals surface area contributed by atoms with Gasteiger partial charge in [-0.1, -0.05) is 12.1 Å². The first-order valence-electron chi connectivity index (χ1n) is 5.11. The van der Waals surface area contributed by atoms with Gasteiger partial charge >= 0.3 is 5.97 Å². The minimum atomic E-state index is -0.711. The smallest absolute Gasteiger partial charge is 0.308 e. The monoisotopic (exact) mass is 226 g/mol. The molecule has 0 fully saturated rings. The fourth-order valence-corrected chi connectivity index (χ4v) is 1.36. The third kappa shape index (κ3) is 4.40. The Balaban J connectivity index is 2.34. The average molecular weight is 226 g/mol. The SMILES string of the molecule is COC(=O)C[C@H](O)CCc1ccc(F)cc1. The number of hydrogen-bond donors (Lipinski definition) is 1. The highest BCUT2D eigenvalue weighted by Gasteiger charge is 2.10. The van der Waals surface area contributed by atoms with Gasteiger partial charge in [0.15, 0.2) is 0 Å². The summed E-state index contributed by atoms with van der Waals surface area (Å²) in [6, 6.07) is 6.09. The number of ether oxygens (including phenoxy) is 1. The maximum atomic E-state index is 12.6. The van der Waals surface area contributed by atoms with E-state index in [0.717, 1.165) is 5.56 Å². The number of aliphatic hydroxyl groups is 1. The van der Waals surface area contributed by atoms with Crippen LogP contribution < -0.4 is 0 Å². The van der Waals surface area contributed by atoms with Gasteiger partial charge in [-0.15, -0.1) is 0 Å². The zero-order chi connectivity index (χ0) is 12.0. The van der Waals surface area contributed by atoms with Gasteiger partial charge in [-0.3, -0.25) is 4.79 Å². The Labute approximate surface area is 93.9 Å². The Morgan fingerprint density at radius 2 is 2.06 bits per heavy atom. The van der Waals surface area contributed by atoms with E-state index in [0.29, 0.717) is 12.8 Å². The van der Waals surface area contributed by atoms with Crippen LogP contribution in [0.4, 0.5) is 4.39 Å². The topological polar surface area (TPSA) is 46.5 Å². The number of rotatable bonds is 5. The minimum absolute atomic E-state index is 0.00229. The van der Waals surface area contributed by atoms with Crippen LogP contribution in [-0.4, -0.2) is 24.3 Å². The van der Waals surface area contributed by atoms with Crippen LogP contribution in [0.15, 0.2) is 24.3 Å². The Morgan fingerprint density at radius 1 is 1.44 bits per heavy atom. The van der Waals surface area contributed by atoms with Crippen molar-refractivity contribution in [3.63, 3.8) is 0 Å². The van der Waals surface area contributed by atoms with E-state index >= 15 is 0 Å². The first kappa shape index (κ1) is 12.6. The summed E-state index contributed by atoms with van der Waals surface area (Å²) in [5.41, 5.74) is 0.935. The Bertz CT molecular complexity index is 335. The van der Waals surface area contributed by atoms with E-state index in [4.69, 9.17) is 0 Å². The van der Waals surface area contributed by atoms with Crippen LogP contribution in [-0.2, 0) is 16.0 Å². The fraction of sp³-hybridized carbons (Fsp3) is 0.417. The Kier molecular flexibility index (Phi) is 4.92. The van der Waals surface area contributed by atoms with E-state index in [1.54, 1.807) is 12.1 Å². The average Bonchev–Trinajstić information content (AvgIpc) is 2.28. The summed E-state index contributed by atoms with van der Waals surface area (Å²) in [5.74, 6) is -0.703. The fourth-order valence-electron chi connectivity index (χ4n) is 1.36. The lowest BCUT2D eigenvalue weighted by atomic mass is 10.1. The molecule has 0 spiro atoms. The molecule has 0 amide bonds. The van der Waals surface area contributed by atoms with E-state index in [-0.39, 0.29) is 12.2 Å². The van der Waals surface area contributed by atoms with Crippen LogP contribution >= 0.6 is 0 Å². The molecule has 0 aromatic heterocycles. The predicted octanol–water partition coefficient (Wildman–Crippen LogP) is 1.68. The number of carbonyl (C=O) groups is 1. The van der Waals surface area contributed by atoms with Gasteiger partial charge in [0.25, 0.3) is 0 Å². The first-order chi connectivity index (χ1) is 7.61. The standard InChI is InChI=1S/C12H15FO3/c1-16-12(15)8-11(14)7-4-9-2-5-10(13)6-3-9/h2-3,5-6,11,14H,4,7-8H2,1H3/t11-/m1/s1. The number of carbonyl (C=O) groups excluding carboxylic acids is 1. The number of methoxy groups -OCH3 is 1. The summed E-state index contributed by atoms with van der Waals surface area (Å²) in [4.78, 5) is 10.8. The molecule has 0 unspecified atom stereocenters. The summed E-state index contributed by atoms with van der Waals surface area (Å²) < 4.78 is 17.0. The lowest BCUT2D eigenvalue weighted by molar-refractivity contribution is -0.142. The highest BCUT2D eigenvalue weighted by Crippen LogP contribution is 2.09. The van der Waals surface area contributed by atoms with Crippen molar-refractivity contribution in [1.82, 2.24) is 0 Å². The second-order valence-electron chi connectivity index (χ2n) is 3.60. The number of hydrogen-bond acceptors (Lipinski definition) is 3. The molecule has 0 saturated heterocycles. The van der Waals surface area contributed by atoms with E-state index < -0.39 is 12.1 Å². The summed E-state index contributed by atoms with van der Waals surface area (Å²) in [6.07, 6.45) is 0.356. The molecule has 88 valence electrons. The van der Waals surface area contributed by atoms with Crippen LogP contribution in [0.5, 0.6) is 0 Å². The second-order valence-corrected chi connectivity index (χ2v) is 3.60. The van der Waals surface area contributed by atoms with Gasteiger partial charge in [-0.05, 0) is 30.5 Å². The first-order valence-corrected chi connectivity index (χ1v) is 5.11.